The molecule has 1 aromatic heterocycles. The molecular formula is C9H7FN2O2. The zero-order chi connectivity index (χ0) is 10.3. The summed E-state index contributed by atoms with van der Waals surface area (Å²) in [5, 5.41) is 8.88. The van der Waals surface area contributed by atoms with Crippen molar-refractivity contribution in [3.63, 3.8) is 0 Å². The molecule has 0 spiro atoms. The number of nitrogens with two attached hydrogens (primary N) is 1. The maximum absolute atomic E-state index is 13.5. The molecule has 0 unspecified atom stereocenters. The summed E-state index contributed by atoms with van der Waals surface area (Å²) in [6.45, 7) is 0. The highest BCUT2D eigenvalue weighted by molar-refractivity contribution is 5.99. The summed E-state index contributed by atoms with van der Waals surface area (Å²) in [5.41, 5.74) is 5.79. The average Bonchev–Trinajstić information content (AvgIpc) is 2.59. The summed E-state index contributed by atoms with van der Waals surface area (Å²) in [4.78, 5) is 13.4. The number of carboxylic acids is 1. The number of H-pyrrole nitrogens is 1. The smallest absolute Gasteiger partial charge is 0.338 e. The lowest BCUT2D eigenvalue weighted by Crippen LogP contribution is -2.02. The number of aromatic nitrogens is 1. The first-order valence-electron chi connectivity index (χ1n) is 3.89. The van der Waals surface area contributed by atoms with E-state index in [1.54, 1.807) is 0 Å². The van der Waals surface area contributed by atoms with Crippen molar-refractivity contribution in [3.8, 4) is 0 Å². The van der Waals surface area contributed by atoms with Crippen LogP contribution < -0.4 is 5.73 Å². The number of nitrogen functional groups attached to an aromatic ring is 1. The number of aromatic amines is 1. The van der Waals surface area contributed by atoms with E-state index in [0.29, 0.717) is 5.52 Å². The second-order valence-electron chi connectivity index (χ2n) is 2.90. The van der Waals surface area contributed by atoms with E-state index in [4.69, 9.17) is 10.8 Å². The molecule has 0 atom stereocenters. The fourth-order valence-corrected chi connectivity index (χ4v) is 1.38. The fourth-order valence-electron chi connectivity index (χ4n) is 1.38. The van der Waals surface area contributed by atoms with Crippen LogP contribution in [0.4, 0.5) is 10.1 Å². The molecule has 0 aliphatic rings. The van der Waals surface area contributed by atoms with Gasteiger partial charge in [-0.3, -0.25) is 0 Å². The van der Waals surface area contributed by atoms with Gasteiger partial charge >= 0.3 is 5.97 Å². The Labute approximate surface area is 78.1 Å². The molecule has 0 aliphatic carbocycles. The van der Waals surface area contributed by atoms with Gasteiger partial charge in [-0.25, -0.2) is 9.18 Å². The van der Waals surface area contributed by atoms with Crippen LogP contribution in [-0.2, 0) is 0 Å². The van der Waals surface area contributed by atoms with Gasteiger partial charge in [0, 0.05) is 11.6 Å². The molecule has 14 heavy (non-hydrogen) atoms. The van der Waals surface area contributed by atoms with Gasteiger partial charge < -0.3 is 15.8 Å². The topological polar surface area (TPSA) is 79.1 Å². The molecule has 0 saturated heterocycles. The Balaban J connectivity index is 2.88. The van der Waals surface area contributed by atoms with Crippen molar-refractivity contribution in [3.05, 3.63) is 29.7 Å². The quantitative estimate of drug-likeness (QED) is 0.603. The molecule has 0 aliphatic heterocycles. The van der Waals surface area contributed by atoms with Crippen LogP contribution >= 0.6 is 0 Å². The lowest BCUT2D eigenvalue weighted by molar-refractivity contribution is 0.0692. The average molecular weight is 194 g/mol. The Morgan fingerprint density at radius 2 is 2.29 bits per heavy atom. The molecule has 1 heterocycles. The summed E-state index contributed by atoms with van der Waals surface area (Å²) in [7, 11) is 0. The van der Waals surface area contributed by atoms with E-state index in [-0.39, 0.29) is 11.1 Å². The number of rotatable bonds is 1. The van der Waals surface area contributed by atoms with Crippen LogP contribution in [0.5, 0.6) is 0 Å². The minimum atomic E-state index is -1.32. The van der Waals surface area contributed by atoms with Crippen LogP contribution in [0.2, 0.25) is 0 Å². The summed E-state index contributed by atoms with van der Waals surface area (Å²) in [5.74, 6) is -2.08. The number of carbonyl (C=O) groups is 1. The van der Waals surface area contributed by atoms with Gasteiger partial charge in [0.25, 0.3) is 0 Å². The first kappa shape index (κ1) is 8.55. The summed E-state index contributed by atoms with van der Waals surface area (Å²) < 4.78 is 13.5. The van der Waals surface area contributed by atoms with Crippen LogP contribution in [0.3, 0.4) is 0 Å². The number of nitrogens with one attached hydrogen (secondary N) is 1. The molecule has 2 aromatic rings. The second-order valence-corrected chi connectivity index (χ2v) is 2.90. The van der Waals surface area contributed by atoms with E-state index in [2.05, 4.69) is 4.98 Å². The van der Waals surface area contributed by atoms with Crippen molar-refractivity contribution in [2.24, 2.45) is 0 Å². The van der Waals surface area contributed by atoms with Gasteiger partial charge in [0.2, 0.25) is 0 Å². The van der Waals surface area contributed by atoms with Gasteiger partial charge in [0.05, 0.1) is 16.8 Å². The highest BCUT2D eigenvalue weighted by Gasteiger charge is 2.16. The molecule has 0 saturated carbocycles. The second kappa shape index (κ2) is 2.73. The maximum atomic E-state index is 13.5. The minimum Gasteiger partial charge on any atom is -0.478 e. The van der Waals surface area contributed by atoms with Gasteiger partial charge in [-0.2, -0.15) is 0 Å². The number of hydrogen-bond donors (Lipinski definition) is 3. The van der Waals surface area contributed by atoms with Crippen LogP contribution in [0, 0.1) is 5.82 Å². The zero-order valence-corrected chi connectivity index (χ0v) is 7.04. The van der Waals surface area contributed by atoms with Crippen molar-refractivity contribution in [2.75, 3.05) is 5.73 Å². The van der Waals surface area contributed by atoms with E-state index in [0.717, 1.165) is 6.07 Å². The first-order valence-corrected chi connectivity index (χ1v) is 3.89. The van der Waals surface area contributed by atoms with Gasteiger partial charge in [0.15, 0.2) is 0 Å². The monoisotopic (exact) mass is 194 g/mol. The van der Waals surface area contributed by atoms with Crippen molar-refractivity contribution in [1.82, 2.24) is 4.98 Å². The third-order valence-corrected chi connectivity index (χ3v) is 2.04. The van der Waals surface area contributed by atoms with E-state index in [1.807, 2.05) is 0 Å². The fraction of sp³-hybridized carbons (Fsp3) is 0. The molecule has 2 rings (SSSR count). The number of hydrogen-bond acceptors (Lipinski definition) is 2. The predicted molar refractivity (Wildman–Crippen MR) is 49.6 cm³/mol. The predicted octanol–water partition coefficient (Wildman–Crippen LogP) is 1.59. The standard InChI is InChI=1S/C9H7FN2O2/c10-7-4-1-2-12-8(4)6(11)3-5(7)9(13)14/h1-3,12H,11H2,(H,13,14). The van der Waals surface area contributed by atoms with Crippen LogP contribution in [0.25, 0.3) is 10.9 Å². The lowest BCUT2D eigenvalue weighted by Gasteiger charge is -2.02. The summed E-state index contributed by atoms with van der Waals surface area (Å²) >= 11 is 0. The molecule has 1 aromatic carbocycles. The Morgan fingerprint density at radius 1 is 1.57 bits per heavy atom. The highest BCUT2D eigenvalue weighted by Crippen LogP contribution is 2.25. The number of anilines is 1. The largest absolute Gasteiger partial charge is 0.478 e. The highest BCUT2D eigenvalue weighted by atomic mass is 19.1. The summed E-state index contributed by atoms with van der Waals surface area (Å²) in [6.07, 6.45) is 1.51. The molecule has 0 radical (unpaired) electrons. The Kier molecular flexibility index (Phi) is 1.67. The molecule has 4 nitrogen and oxygen atoms in total. The third kappa shape index (κ3) is 1.02. The number of benzene rings is 1. The molecule has 72 valence electrons. The van der Waals surface area contributed by atoms with Crippen molar-refractivity contribution in [2.45, 2.75) is 0 Å². The Morgan fingerprint density at radius 3 is 2.93 bits per heavy atom. The van der Waals surface area contributed by atoms with Crippen LogP contribution in [0.15, 0.2) is 18.3 Å². The van der Waals surface area contributed by atoms with Gasteiger partial charge in [-0.1, -0.05) is 0 Å². The number of halogens is 1. The molecule has 4 N–H and O–H groups in total. The van der Waals surface area contributed by atoms with Gasteiger partial charge in [0.1, 0.15) is 5.82 Å². The SMILES string of the molecule is Nc1cc(C(=O)O)c(F)c2cc[nH]c12. The van der Waals surface area contributed by atoms with Gasteiger partial charge in [-0.05, 0) is 12.1 Å². The number of aromatic carboxylic acids is 1. The molecule has 0 amide bonds. The van der Waals surface area contributed by atoms with E-state index >= 15 is 0 Å². The van der Waals surface area contributed by atoms with E-state index in [1.165, 1.54) is 12.3 Å². The summed E-state index contributed by atoms with van der Waals surface area (Å²) in [6, 6.07) is 2.56. The third-order valence-electron chi connectivity index (χ3n) is 2.04. The first-order chi connectivity index (χ1) is 6.61. The van der Waals surface area contributed by atoms with Gasteiger partial charge in [-0.15, -0.1) is 0 Å². The van der Waals surface area contributed by atoms with E-state index < -0.39 is 17.3 Å². The number of carboxylic acid groups (broad SMARTS) is 1. The lowest BCUT2D eigenvalue weighted by atomic mass is 10.1. The number of fused-ring (bicyclic) bond motifs is 1. The molecule has 0 bridgehead atoms. The minimum absolute atomic E-state index is 0.197. The molecular weight excluding hydrogens is 187 g/mol. The maximum Gasteiger partial charge on any atom is 0.338 e. The molecule has 5 heteroatoms. The zero-order valence-electron chi connectivity index (χ0n) is 7.04. The Hall–Kier alpha value is -2.04. The van der Waals surface area contributed by atoms with Crippen molar-refractivity contribution >= 4 is 22.6 Å². The van der Waals surface area contributed by atoms with Crippen molar-refractivity contribution < 1.29 is 14.3 Å². The van der Waals surface area contributed by atoms with Crippen molar-refractivity contribution in [1.29, 1.82) is 0 Å². The van der Waals surface area contributed by atoms with E-state index in [9.17, 15) is 9.18 Å². The van der Waals surface area contributed by atoms with Crippen LogP contribution in [0.1, 0.15) is 10.4 Å². The molecule has 0 fully saturated rings. The normalized spacial score (nSPS) is 10.6. The van der Waals surface area contributed by atoms with Crippen LogP contribution in [-0.4, -0.2) is 16.1 Å². The Bertz CT molecular complexity index is 519.